The second kappa shape index (κ2) is 8.47. The highest BCUT2D eigenvalue weighted by Gasteiger charge is 1.99. The number of ether oxygens (including phenoxy) is 1. The normalized spacial score (nSPS) is 10.1. The Labute approximate surface area is 107 Å². The second-order valence-corrected chi connectivity index (χ2v) is 3.79. The second-order valence-electron chi connectivity index (χ2n) is 3.79. The number of halogens is 1. The first-order valence-electron chi connectivity index (χ1n) is 6.06. The summed E-state index contributed by atoms with van der Waals surface area (Å²) in [6, 6.07) is 5.81. The monoisotopic (exact) mass is 254 g/mol. The Kier molecular flexibility index (Phi) is 6.79. The molecular weight excluding hydrogens is 235 g/mol. The van der Waals surface area contributed by atoms with E-state index in [1.165, 1.54) is 12.1 Å². The predicted molar refractivity (Wildman–Crippen MR) is 67.7 cm³/mol. The van der Waals surface area contributed by atoms with Crippen LogP contribution in [0.25, 0.3) is 0 Å². The summed E-state index contributed by atoms with van der Waals surface area (Å²) in [6.45, 7) is 4.24. The molecule has 2 N–H and O–H groups in total. The quantitative estimate of drug-likeness (QED) is 0.732. The van der Waals surface area contributed by atoms with Gasteiger partial charge in [0.2, 0.25) is 0 Å². The van der Waals surface area contributed by atoms with E-state index in [1.54, 1.807) is 12.1 Å². The zero-order valence-electron chi connectivity index (χ0n) is 10.5. The van der Waals surface area contributed by atoms with Crippen LogP contribution < -0.4 is 10.6 Å². The topological polar surface area (TPSA) is 50.4 Å². The Morgan fingerprint density at radius 3 is 2.67 bits per heavy atom. The first kappa shape index (κ1) is 14.4. The first-order chi connectivity index (χ1) is 8.72. The van der Waals surface area contributed by atoms with E-state index in [0.717, 1.165) is 12.0 Å². The SMILES string of the molecule is CCOCCCNC(=O)NCc1ccc(F)cc1. The highest BCUT2D eigenvalue weighted by atomic mass is 19.1. The number of amides is 2. The third-order valence-electron chi connectivity index (χ3n) is 2.32. The zero-order chi connectivity index (χ0) is 13.2. The molecule has 5 heteroatoms. The van der Waals surface area contributed by atoms with E-state index in [1.807, 2.05) is 6.92 Å². The lowest BCUT2D eigenvalue weighted by Gasteiger charge is -2.07. The molecule has 0 aliphatic rings. The molecule has 4 nitrogen and oxygen atoms in total. The lowest BCUT2D eigenvalue weighted by Crippen LogP contribution is -2.35. The van der Waals surface area contributed by atoms with Gasteiger partial charge in [-0.25, -0.2) is 9.18 Å². The molecule has 1 aromatic rings. The van der Waals surface area contributed by atoms with E-state index < -0.39 is 0 Å². The average Bonchev–Trinajstić information content (AvgIpc) is 2.38. The molecule has 1 rings (SSSR count). The van der Waals surface area contributed by atoms with Crippen LogP contribution in [0.1, 0.15) is 18.9 Å². The molecule has 18 heavy (non-hydrogen) atoms. The molecule has 100 valence electrons. The molecule has 0 spiro atoms. The van der Waals surface area contributed by atoms with E-state index in [9.17, 15) is 9.18 Å². The number of carbonyl (C=O) groups is 1. The maximum Gasteiger partial charge on any atom is 0.315 e. The molecule has 0 unspecified atom stereocenters. The van der Waals surface area contributed by atoms with E-state index in [0.29, 0.717) is 26.3 Å². The Bertz CT molecular complexity index is 355. The number of rotatable bonds is 7. The summed E-state index contributed by atoms with van der Waals surface area (Å²) < 4.78 is 17.8. The van der Waals surface area contributed by atoms with E-state index in [4.69, 9.17) is 4.74 Å². The molecule has 0 bridgehead atoms. The van der Waals surface area contributed by atoms with Gasteiger partial charge in [0.25, 0.3) is 0 Å². The molecule has 0 atom stereocenters. The smallest absolute Gasteiger partial charge is 0.315 e. The summed E-state index contributed by atoms with van der Waals surface area (Å²) in [6.07, 6.45) is 0.789. The van der Waals surface area contributed by atoms with Gasteiger partial charge in [0.05, 0.1) is 0 Å². The van der Waals surface area contributed by atoms with Gasteiger partial charge in [0.15, 0.2) is 0 Å². The minimum atomic E-state index is -0.279. The summed E-state index contributed by atoms with van der Waals surface area (Å²) in [5.74, 6) is -0.279. The van der Waals surface area contributed by atoms with Gasteiger partial charge in [0.1, 0.15) is 5.82 Å². The third-order valence-corrected chi connectivity index (χ3v) is 2.32. The lowest BCUT2D eigenvalue weighted by molar-refractivity contribution is 0.145. The van der Waals surface area contributed by atoms with Crippen molar-refractivity contribution in [3.8, 4) is 0 Å². The lowest BCUT2D eigenvalue weighted by atomic mass is 10.2. The Morgan fingerprint density at radius 2 is 2.00 bits per heavy atom. The van der Waals surface area contributed by atoms with E-state index in [2.05, 4.69) is 10.6 Å². The highest BCUT2D eigenvalue weighted by Crippen LogP contribution is 2.01. The van der Waals surface area contributed by atoms with E-state index >= 15 is 0 Å². The number of hydrogen-bond donors (Lipinski definition) is 2. The minimum absolute atomic E-state index is 0.226. The van der Waals surface area contributed by atoms with Crippen molar-refractivity contribution in [1.82, 2.24) is 10.6 Å². The fraction of sp³-hybridized carbons (Fsp3) is 0.462. The molecule has 0 heterocycles. The van der Waals surface area contributed by atoms with Crippen LogP contribution in [0.15, 0.2) is 24.3 Å². The van der Waals surface area contributed by atoms with Gasteiger partial charge < -0.3 is 15.4 Å². The molecule has 0 radical (unpaired) electrons. The van der Waals surface area contributed by atoms with Crippen molar-refractivity contribution in [3.05, 3.63) is 35.6 Å². The summed E-state index contributed by atoms with van der Waals surface area (Å²) in [4.78, 5) is 11.4. The van der Waals surface area contributed by atoms with Crippen LogP contribution in [0.2, 0.25) is 0 Å². The van der Waals surface area contributed by atoms with Gasteiger partial charge >= 0.3 is 6.03 Å². The van der Waals surface area contributed by atoms with Crippen LogP contribution in [0.4, 0.5) is 9.18 Å². The van der Waals surface area contributed by atoms with Crippen LogP contribution >= 0.6 is 0 Å². The van der Waals surface area contributed by atoms with Gasteiger partial charge in [-0.2, -0.15) is 0 Å². The number of carbonyl (C=O) groups excluding carboxylic acids is 1. The Hall–Kier alpha value is -1.62. The first-order valence-corrected chi connectivity index (χ1v) is 6.06. The average molecular weight is 254 g/mol. The summed E-state index contributed by atoms with van der Waals surface area (Å²) in [7, 11) is 0. The van der Waals surface area contributed by atoms with Crippen LogP contribution in [0, 0.1) is 5.82 Å². The van der Waals surface area contributed by atoms with Crippen LogP contribution in [-0.2, 0) is 11.3 Å². The van der Waals surface area contributed by atoms with Crippen molar-refractivity contribution in [2.24, 2.45) is 0 Å². The minimum Gasteiger partial charge on any atom is -0.382 e. The van der Waals surface area contributed by atoms with Crippen molar-refractivity contribution in [3.63, 3.8) is 0 Å². The molecule has 0 aliphatic heterocycles. The van der Waals surface area contributed by atoms with Crippen molar-refractivity contribution < 1.29 is 13.9 Å². The van der Waals surface area contributed by atoms with Crippen molar-refractivity contribution in [1.29, 1.82) is 0 Å². The van der Waals surface area contributed by atoms with Crippen LogP contribution in [0.5, 0.6) is 0 Å². The molecule has 0 fully saturated rings. The molecule has 2 amide bonds. The van der Waals surface area contributed by atoms with Crippen molar-refractivity contribution in [2.45, 2.75) is 19.9 Å². The summed E-state index contributed by atoms with van der Waals surface area (Å²) in [5.41, 5.74) is 0.862. The van der Waals surface area contributed by atoms with Crippen molar-refractivity contribution >= 4 is 6.03 Å². The van der Waals surface area contributed by atoms with Crippen molar-refractivity contribution in [2.75, 3.05) is 19.8 Å². The maximum atomic E-state index is 12.6. The standard InChI is InChI=1S/C13H19FN2O2/c1-2-18-9-3-8-15-13(17)16-10-11-4-6-12(14)7-5-11/h4-7H,2-3,8-10H2,1H3,(H2,15,16,17). The number of urea groups is 1. The fourth-order valence-corrected chi connectivity index (χ4v) is 1.37. The molecule has 0 saturated heterocycles. The molecule has 0 aromatic heterocycles. The summed E-state index contributed by atoms with van der Waals surface area (Å²) in [5, 5.41) is 5.42. The number of nitrogens with one attached hydrogen (secondary N) is 2. The molecule has 1 aromatic carbocycles. The molecular formula is C13H19FN2O2. The van der Waals surface area contributed by atoms with Crippen LogP contribution in [0.3, 0.4) is 0 Å². The highest BCUT2D eigenvalue weighted by molar-refractivity contribution is 5.73. The van der Waals surface area contributed by atoms with Gasteiger partial charge in [-0.3, -0.25) is 0 Å². The zero-order valence-corrected chi connectivity index (χ0v) is 10.5. The number of hydrogen-bond acceptors (Lipinski definition) is 2. The molecule has 0 saturated carbocycles. The number of benzene rings is 1. The predicted octanol–water partition coefficient (Wildman–Crippen LogP) is 2.05. The van der Waals surface area contributed by atoms with Gasteiger partial charge in [-0.1, -0.05) is 12.1 Å². The van der Waals surface area contributed by atoms with Crippen LogP contribution in [-0.4, -0.2) is 25.8 Å². The molecule has 0 aliphatic carbocycles. The maximum absolute atomic E-state index is 12.6. The van der Waals surface area contributed by atoms with Gasteiger partial charge in [0, 0.05) is 26.3 Å². The largest absolute Gasteiger partial charge is 0.382 e. The Morgan fingerprint density at radius 1 is 1.28 bits per heavy atom. The van der Waals surface area contributed by atoms with Gasteiger partial charge in [-0.15, -0.1) is 0 Å². The Balaban J connectivity index is 2.11. The third kappa shape index (κ3) is 6.20. The fourth-order valence-electron chi connectivity index (χ4n) is 1.37. The van der Waals surface area contributed by atoms with E-state index in [-0.39, 0.29) is 11.8 Å². The summed E-state index contributed by atoms with van der Waals surface area (Å²) >= 11 is 0. The van der Waals surface area contributed by atoms with Gasteiger partial charge in [-0.05, 0) is 31.0 Å².